The number of nitrogens with two attached hydrogens (primary N) is 1. The molecule has 0 aliphatic carbocycles. The summed E-state index contributed by atoms with van der Waals surface area (Å²) in [5, 5.41) is 0.562. The van der Waals surface area contributed by atoms with Gasteiger partial charge in [-0.1, -0.05) is 13.8 Å². The Morgan fingerprint density at radius 2 is 1.82 bits per heavy atom. The highest BCUT2D eigenvalue weighted by Crippen LogP contribution is 2.27. The molecule has 5 heteroatoms. The molecule has 0 unspecified atom stereocenters. The van der Waals surface area contributed by atoms with Crippen LogP contribution in [-0.2, 0) is 0 Å². The van der Waals surface area contributed by atoms with Crippen LogP contribution < -0.4 is 11.3 Å². The van der Waals surface area contributed by atoms with E-state index in [1.165, 1.54) is 0 Å². The molecule has 1 aromatic carbocycles. The summed E-state index contributed by atoms with van der Waals surface area (Å²) in [5.74, 6) is 4.25. The molecule has 2 aromatic rings. The maximum atomic E-state index is 13.1. The maximum absolute atomic E-state index is 13.1. The molecule has 0 aliphatic heterocycles. The van der Waals surface area contributed by atoms with Crippen molar-refractivity contribution in [2.75, 3.05) is 5.43 Å². The number of nitrogens with zero attached hydrogens (tertiary/aromatic N) is 1. The lowest BCUT2D eigenvalue weighted by atomic mass is 10.0. The van der Waals surface area contributed by atoms with Gasteiger partial charge in [0.05, 0.1) is 5.52 Å². The predicted octanol–water partition coefficient (Wildman–Crippen LogP) is 2.92. The summed E-state index contributed by atoms with van der Waals surface area (Å²) in [4.78, 5) is 4.17. The van der Waals surface area contributed by atoms with Crippen LogP contribution in [0, 0.1) is 11.6 Å². The van der Waals surface area contributed by atoms with Crippen LogP contribution in [0.15, 0.2) is 18.2 Å². The molecular formula is C12H13F2N3. The molecule has 0 spiro atoms. The molecule has 0 atom stereocenters. The molecule has 0 saturated heterocycles. The van der Waals surface area contributed by atoms with Gasteiger partial charge in [0.1, 0.15) is 5.82 Å². The van der Waals surface area contributed by atoms with Crippen LogP contribution in [0.3, 0.4) is 0 Å². The first-order valence-corrected chi connectivity index (χ1v) is 5.29. The Hall–Kier alpha value is -1.75. The van der Waals surface area contributed by atoms with Gasteiger partial charge in [0.25, 0.3) is 0 Å². The zero-order chi connectivity index (χ0) is 12.6. The number of pyridine rings is 1. The molecule has 3 N–H and O–H groups in total. The second-order valence-electron chi connectivity index (χ2n) is 4.18. The summed E-state index contributed by atoms with van der Waals surface area (Å²) in [6.07, 6.45) is 0. The average Bonchev–Trinajstić information content (AvgIpc) is 2.29. The van der Waals surface area contributed by atoms with Crippen LogP contribution in [0.1, 0.15) is 25.3 Å². The van der Waals surface area contributed by atoms with Crippen molar-refractivity contribution in [2.24, 2.45) is 5.84 Å². The maximum Gasteiger partial charge on any atom is 0.161 e. The summed E-state index contributed by atoms with van der Waals surface area (Å²) < 4.78 is 26.2. The number of anilines is 1. The number of halogens is 2. The van der Waals surface area contributed by atoms with E-state index >= 15 is 0 Å². The fourth-order valence-electron chi connectivity index (χ4n) is 1.74. The number of fused-ring (bicyclic) bond motifs is 1. The SMILES string of the molecule is CC(C)c1cc2cc(F)c(F)cc2nc1NN. The lowest BCUT2D eigenvalue weighted by Crippen LogP contribution is -2.12. The molecule has 2 rings (SSSR count). The van der Waals surface area contributed by atoms with Crippen LogP contribution >= 0.6 is 0 Å². The summed E-state index contributed by atoms with van der Waals surface area (Å²) in [7, 11) is 0. The molecular weight excluding hydrogens is 224 g/mol. The van der Waals surface area contributed by atoms with Crippen molar-refractivity contribution in [3.8, 4) is 0 Å². The smallest absolute Gasteiger partial charge is 0.161 e. The van der Waals surface area contributed by atoms with Crippen molar-refractivity contribution in [1.29, 1.82) is 0 Å². The second-order valence-corrected chi connectivity index (χ2v) is 4.18. The van der Waals surface area contributed by atoms with Crippen molar-refractivity contribution in [1.82, 2.24) is 4.98 Å². The molecule has 0 radical (unpaired) electrons. The average molecular weight is 237 g/mol. The van der Waals surface area contributed by atoms with Crippen molar-refractivity contribution < 1.29 is 8.78 Å². The van der Waals surface area contributed by atoms with E-state index < -0.39 is 11.6 Å². The van der Waals surface area contributed by atoms with Gasteiger partial charge >= 0.3 is 0 Å². The first-order valence-electron chi connectivity index (χ1n) is 5.29. The minimum absolute atomic E-state index is 0.186. The Kier molecular flexibility index (Phi) is 2.93. The highest BCUT2D eigenvalue weighted by atomic mass is 19.2. The Morgan fingerprint density at radius 3 is 2.41 bits per heavy atom. The first-order chi connectivity index (χ1) is 8.02. The van der Waals surface area contributed by atoms with Gasteiger partial charge in [0.15, 0.2) is 11.6 Å². The number of hydrogen-bond acceptors (Lipinski definition) is 3. The highest BCUT2D eigenvalue weighted by molar-refractivity contribution is 5.82. The van der Waals surface area contributed by atoms with E-state index in [9.17, 15) is 8.78 Å². The third-order valence-electron chi connectivity index (χ3n) is 2.65. The number of hydrogen-bond donors (Lipinski definition) is 2. The Balaban J connectivity index is 2.74. The van der Waals surface area contributed by atoms with Gasteiger partial charge in [0.2, 0.25) is 0 Å². The molecule has 0 fully saturated rings. The zero-order valence-electron chi connectivity index (χ0n) is 9.59. The largest absolute Gasteiger partial charge is 0.308 e. The van der Waals surface area contributed by atoms with E-state index in [1.54, 1.807) is 6.07 Å². The molecule has 0 saturated carbocycles. The number of aromatic nitrogens is 1. The quantitative estimate of drug-likeness (QED) is 0.623. The summed E-state index contributed by atoms with van der Waals surface area (Å²) >= 11 is 0. The predicted molar refractivity (Wildman–Crippen MR) is 63.6 cm³/mol. The highest BCUT2D eigenvalue weighted by Gasteiger charge is 2.11. The molecule has 17 heavy (non-hydrogen) atoms. The van der Waals surface area contributed by atoms with Crippen molar-refractivity contribution in [3.63, 3.8) is 0 Å². The standard InChI is InChI=1S/C12H13F2N3/c1-6(2)8-3-7-4-9(13)10(14)5-11(7)16-12(8)17-15/h3-6H,15H2,1-2H3,(H,16,17). The Labute approximate surface area is 97.6 Å². The van der Waals surface area contributed by atoms with E-state index in [2.05, 4.69) is 10.4 Å². The minimum Gasteiger partial charge on any atom is -0.308 e. The van der Waals surface area contributed by atoms with E-state index in [0.29, 0.717) is 16.7 Å². The summed E-state index contributed by atoms with van der Waals surface area (Å²) in [5.41, 5.74) is 3.72. The van der Waals surface area contributed by atoms with Crippen LogP contribution in [0.5, 0.6) is 0 Å². The molecule has 0 amide bonds. The minimum atomic E-state index is -0.912. The van der Waals surface area contributed by atoms with Gasteiger partial charge in [-0.25, -0.2) is 19.6 Å². The topological polar surface area (TPSA) is 50.9 Å². The molecule has 3 nitrogen and oxygen atoms in total. The summed E-state index contributed by atoms with van der Waals surface area (Å²) in [6, 6.07) is 3.98. The van der Waals surface area contributed by atoms with Crippen molar-refractivity contribution in [2.45, 2.75) is 19.8 Å². The zero-order valence-corrected chi connectivity index (χ0v) is 9.59. The van der Waals surface area contributed by atoms with Gasteiger partial charge < -0.3 is 5.43 Å². The molecule has 1 heterocycles. The van der Waals surface area contributed by atoms with E-state index in [0.717, 1.165) is 17.7 Å². The van der Waals surface area contributed by atoms with Gasteiger partial charge in [-0.3, -0.25) is 0 Å². The van der Waals surface area contributed by atoms with Gasteiger partial charge in [-0.2, -0.15) is 0 Å². The first kappa shape index (κ1) is 11.7. The Morgan fingerprint density at radius 1 is 1.18 bits per heavy atom. The van der Waals surface area contributed by atoms with Crippen LogP contribution in [0.2, 0.25) is 0 Å². The third kappa shape index (κ3) is 2.06. The van der Waals surface area contributed by atoms with Crippen LogP contribution in [0.25, 0.3) is 10.9 Å². The summed E-state index contributed by atoms with van der Waals surface area (Å²) in [6.45, 7) is 3.95. The normalized spacial score (nSPS) is 11.2. The fraction of sp³-hybridized carbons (Fsp3) is 0.250. The number of nitrogens with one attached hydrogen (secondary N) is 1. The number of rotatable bonds is 2. The molecule has 0 aliphatic rings. The van der Waals surface area contributed by atoms with Crippen LogP contribution in [0.4, 0.5) is 14.6 Å². The molecule has 1 aromatic heterocycles. The monoisotopic (exact) mass is 237 g/mol. The molecule has 0 bridgehead atoms. The molecule has 90 valence electrons. The van der Waals surface area contributed by atoms with Gasteiger partial charge in [-0.05, 0) is 23.6 Å². The second kappa shape index (κ2) is 4.25. The number of nitrogen functional groups attached to an aromatic ring is 1. The van der Waals surface area contributed by atoms with E-state index in [-0.39, 0.29) is 5.92 Å². The number of benzene rings is 1. The third-order valence-corrected chi connectivity index (χ3v) is 2.65. The van der Waals surface area contributed by atoms with E-state index in [1.807, 2.05) is 13.8 Å². The number of hydrazine groups is 1. The fourth-order valence-corrected chi connectivity index (χ4v) is 1.74. The lowest BCUT2D eigenvalue weighted by molar-refractivity contribution is 0.510. The van der Waals surface area contributed by atoms with Crippen molar-refractivity contribution >= 4 is 16.7 Å². The Bertz CT molecular complexity index is 567. The van der Waals surface area contributed by atoms with Gasteiger partial charge in [0, 0.05) is 11.5 Å². The van der Waals surface area contributed by atoms with Crippen LogP contribution in [-0.4, -0.2) is 4.98 Å². The van der Waals surface area contributed by atoms with Crippen molar-refractivity contribution in [3.05, 3.63) is 35.4 Å². The van der Waals surface area contributed by atoms with Gasteiger partial charge in [-0.15, -0.1) is 0 Å². The van der Waals surface area contributed by atoms with E-state index in [4.69, 9.17) is 5.84 Å². The lowest BCUT2D eigenvalue weighted by Gasteiger charge is -2.12.